The molecule has 9 nitrogen and oxygen atoms in total. The summed E-state index contributed by atoms with van der Waals surface area (Å²) in [7, 11) is -2.39. The van der Waals surface area contributed by atoms with Crippen molar-refractivity contribution >= 4 is 37.4 Å². The highest BCUT2D eigenvalue weighted by molar-refractivity contribution is 7.89. The summed E-state index contributed by atoms with van der Waals surface area (Å²) in [6, 6.07) is 24.1. The molecule has 44 heavy (non-hydrogen) atoms. The number of ether oxygens (including phenoxy) is 3. The van der Waals surface area contributed by atoms with Gasteiger partial charge in [0.2, 0.25) is 16.3 Å². The van der Waals surface area contributed by atoms with E-state index in [2.05, 4.69) is 22.8 Å². The van der Waals surface area contributed by atoms with E-state index in [1.165, 1.54) is 23.5 Å². The molecule has 0 aliphatic carbocycles. The van der Waals surface area contributed by atoms with Gasteiger partial charge in [0.25, 0.3) is 5.91 Å². The highest BCUT2D eigenvalue weighted by Crippen LogP contribution is 2.38. The lowest BCUT2D eigenvalue weighted by molar-refractivity contribution is -0.146. The summed E-state index contributed by atoms with van der Waals surface area (Å²) in [6.07, 6.45) is 2.20. The fraction of sp³-hybridized carbons (Fsp3) is 0.303. The van der Waals surface area contributed by atoms with Crippen LogP contribution in [0.25, 0.3) is 10.1 Å². The van der Waals surface area contributed by atoms with E-state index in [-0.39, 0.29) is 48.8 Å². The van der Waals surface area contributed by atoms with Crippen LogP contribution in [0.3, 0.4) is 0 Å². The molecule has 0 radical (unpaired) electrons. The second kappa shape index (κ2) is 14.8. The zero-order chi connectivity index (χ0) is 30.9. The Kier molecular flexibility index (Phi) is 10.7. The van der Waals surface area contributed by atoms with Gasteiger partial charge in [-0.15, -0.1) is 11.3 Å². The minimum Gasteiger partial charge on any atom is -0.497 e. The fourth-order valence-electron chi connectivity index (χ4n) is 5.12. The van der Waals surface area contributed by atoms with Gasteiger partial charge < -0.3 is 24.6 Å². The van der Waals surface area contributed by atoms with Crippen LogP contribution < -0.4 is 10.1 Å². The Morgan fingerprint density at radius 2 is 1.80 bits per heavy atom. The molecule has 3 aromatic carbocycles. The maximum atomic E-state index is 13.3. The van der Waals surface area contributed by atoms with Gasteiger partial charge in [0.15, 0.2) is 5.76 Å². The van der Waals surface area contributed by atoms with Gasteiger partial charge in [-0.3, -0.25) is 4.79 Å². The van der Waals surface area contributed by atoms with Crippen molar-refractivity contribution in [3.05, 3.63) is 107 Å². The van der Waals surface area contributed by atoms with Gasteiger partial charge in [-0.1, -0.05) is 48.5 Å². The van der Waals surface area contributed by atoms with Gasteiger partial charge >= 0.3 is 0 Å². The number of hydrogen-bond acceptors (Lipinski definition) is 8. The van der Waals surface area contributed by atoms with Crippen LogP contribution in [0.15, 0.2) is 101 Å². The predicted octanol–water partition coefficient (Wildman–Crippen LogP) is 4.68. The van der Waals surface area contributed by atoms with Crippen LogP contribution >= 0.6 is 11.3 Å². The highest BCUT2D eigenvalue weighted by Gasteiger charge is 2.31. The van der Waals surface area contributed by atoms with E-state index >= 15 is 0 Å². The summed E-state index contributed by atoms with van der Waals surface area (Å²) in [5.41, 5.74) is 2.20. The molecular formula is C33H36N2O7S2. The molecule has 2 atom stereocenters. The molecule has 232 valence electrons. The molecule has 0 unspecified atom stereocenters. The number of carbonyl (C=O) groups is 1. The van der Waals surface area contributed by atoms with E-state index in [9.17, 15) is 18.3 Å². The highest BCUT2D eigenvalue weighted by atomic mass is 32.2. The summed E-state index contributed by atoms with van der Waals surface area (Å²) in [4.78, 5) is 13.3. The minimum absolute atomic E-state index is 0.0000617. The van der Waals surface area contributed by atoms with Crippen molar-refractivity contribution in [1.29, 1.82) is 0 Å². The van der Waals surface area contributed by atoms with Gasteiger partial charge in [-0.2, -0.15) is 4.31 Å². The van der Waals surface area contributed by atoms with Crippen LogP contribution in [0, 0.1) is 0 Å². The van der Waals surface area contributed by atoms with Gasteiger partial charge in [0, 0.05) is 36.7 Å². The number of thiophene rings is 1. The number of carbonyl (C=O) groups excluding carboxylic acids is 1. The predicted molar refractivity (Wildman–Crippen MR) is 170 cm³/mol. The Labute approximate surface area is 261 Å². The first-order valence-electron chi connectivity index (χ1n) is 14.4. The van der Waals surface area contributed by atoms with E-state index in [1.807, 2.05) is 48.5 Å². The SMILES string of the molecule is COc1ccc(S(=O)(=O)N(CCO)CCO[C@@H]2C[C@H](c3csc4ccccc34)C=C(C(=O)NCCc3ccccc3)O2)cc1. The van der Waals surface area contributed by atoms with Gasteiger partial charge in [0.05, 0.1) is 25.2 Å². The summed E-state index contributed by atoms with van der Waals surface area (Å²) in [6.45, 7) is -0.00986. The number of allylic oxidation sites excluding steroid dienone is 1. The van der Waals surface area contributed by atoms with E-state index in [0.717, 1.165) is 21.2 Å². The monoisotopic (exact) mass is 636 g/mol. The number of amides is 1. The number of sulfonamides is 1. The lowest BCUT2D eigenvalue weighted by Crippen LogP contribution is -2.38. The first kappa shape index (κ1) is 31.7. The number of nitrogens with zero attached hydrogens (tertiary/aromatic N) is 1. The van der Waals surface area contributed by atoms with Crippen molar-refractivity contribution < 1.29 is 32.5 Å². The van der Waals surface area contributed by atoms with Crippen molar-refractivity contribution in [2.24, 2.45) is 0 Å². The Morgan fingerprint density at radius 3 is 2.55 bits per heavy atom. The summed E-state index contributed by atoms with van der Waals surface area (Å²) in [5, 5.41) is 15.8. The molecule has 1 amide bonds. The van der Waals surface area contributed by atoms with Gasteiger partial charge in [-0.25, -0.2) is 8.42 Å². The topological polar surface area (TPSA) is 114 Å². The normalized spacial score (nSPS) is 16.8. The number of hydrogen-bond donors (Lipinski definition) is 2. The van der Waals surface area contributed by atoms with E-state index < -0.39 is 16.3 Å². The first-order valence-corrected chi connectivity index (χ1v) is 16.7. The molecular weight excluding hydrogens is 601 g/mol. The molecule has 1 aromatic heterocycles. The van der Waals surface area contributed by atoms with Crippen molar-refractivity contribution in [3.8, 4) is 5.75 Å². The van der Waals surface area contributed by atoms with E-state index in [0.29, 0.717) is 25.1 Å². The Bertz CT molecular complexity index is 1670. The Morgan fingerprint density at radius 1 is 1.05 bits per heavy atom. The maximum Gasteiger partial charge on any atom is 0.286 e. The molecule has 0 bridgehead atoms. The van der Waals surface area contributed by atoms with Crippen LogP contribution in [-0.2, 0) is 30.7 Å². The molecule has 1 aliphatic rings. The lowest BCUT2D eigenvalue weighted by Gasteiger charge is -2.30. The molecule has 1 aliphatic heterocycles. The standard InChI is InChI=1S/C33H36N2O7S2/c1-40-26-11-13-27(14-12-26)44(38,39)35(17-19-36)18-20-41-32-22-25(29-23-43-31-10-6-5-9-28(29)31)21-30(42-32)33(37)34-16-15-24-7-3-2-4-8-24/h2-14,21,23,25,32,36H,15-20,22H2,1H3,(H,34,37)/t25-,32+/m1/s1. The third-order valence-corrected chi connectivity index (χ3v) is 10.3. The largest absolute Gasteiger partial charge is 0.497 e. The van der Waals surface area contributed by atoms with Gasteiger partial charge in [0.1, 0.15) is 5.75 Å². The van der Waals surface area contributed by atoms with Crippen LogP contribution in [-0.4, -0.2) is 70.0 Å². The quantitative estimate of drug-likeness (QED) is 0.207. The molecule has 2 heterocycles. The third-order valence-electron chi connectivity index (χ3n) is 7.42. The smallest absolute Gasteiger partial charge is 0.286 e. The zero-order valence-corrected chi connectivity index (χ0v) is 26.1. The molecule has 0 fully saturated rings. The maximum absolute atomic E-state index is 13.3. The average molecular weight is 637 g/mol. The molecule has 5 rings (SSSR count). The van der Waals surface area contributed by atoms with Crippen molar-refractivity contribution in [2.75, 3.05) is 40.0 Å². The number of methoxy groups -OCH3 is 1. The van der Waals surface area contributed by atoms with Crippen molar-refractivity contribution in [1.82, 2.24) is 9.62 Å². The van der Waals surface area contributed by atoms with E-state index in [4.69, 9.17) is 14.2 Å². The lowest BCUT2D eigenvalue weighted by atomic mass is 9.92. The Hall–Kier alpha value is -3.74. The van der Waals surface area contributed by atoms with Crippen LogP contribution in [0.5, 0.6) is 5.75 Å². The molecule has 0 saturated heterocycles. The van der Waals surface area contributed by atoms with Crippen molar-refractivity contribution in [2.45, 2.75) is 29.9 Å². The van der Waals surface area contributed by atoms with Gasteiger partial charge in [-0.05, 0) is 64.7 Å². The number of rotatable bonds is 14. The molecule has 4 aromatic rings. The fourth-order valence-corrected chi connectivity index (χ4v) is 7.56. The zero-order valence-electron chi connectivity index (χ0n) is 24.4. The first-order chi connectivity index (χ1) is 21.4. The number of nitrogens with one attached hydrogen (secondary N) is 1. The third kappa shape index (κ3) is 7.66. The number of fused-ring (bicyclic) bond motifs is 1. The molecule has 0 saturated carbocycles. The molecule has 11 heteroatoms. The Balaban J connectivity index is 1.28. The van der Waals surface area contributed by atoms with E-state index in [1.54, 1.807) is 23.5 Å². The van der Waals surface area contributed by atoms with Crippen LogP contribution in [0.1, 0.15) is 23.5 Å². The molecule has 2 N–H and O–H groups in total. The number of aliphatic hydroxyl groups excluding tert-OH is 1. The van der Waals surface area contributed by atoms with Crippen LogP contribution in [0.2, 0.25) is 0 Å². The summed E-state index contributed by atoms with van der Waals surface area (Å²) >= 11 is 1.64. The average Bonchev–Trinajstić information content (AvgIpc) is 3.49. The number of benzene rings is 3. The second-order valence-corrected chi connectivity index (χ2v) is 13.1. The van der Waals surface area contributed by atoms with Crippen molar-refractivity contribution in [3.63, 3.8) is 0 Å². The summed E-state index contributed by atoms with van der Waals surface area (Å²) in [5.74, 6) is 0.239. The summed E-state index contributed by atoms with van der Waals surface area (Å²) < 4.78 is 46.2. The number of aliphatic hydroxyl groups is 1. The molecule has 0 spiro atoms. The minimum atomic E-state index is -3.90. The second-order valence-electron chi connectivity index (χ2n) is 10.3. The van der Waals surface area contributed by atoms with Crippen LogP contribution in [0.4, 0.5) is 0 Å².